The molecule has 18 heteroatoms. The lowest BCUT2D eigenvalue weighted by molar-refractivity contribution is -0.197. The molecule has 8 atom stereocenters. The Balaban J connectivity index is 1.34. The molecule has 2 aliphatic heterocycles. The molecule has 57 heavy (non-hydrogen) atoms. The Hall–Kier alpha value is -4.61. The highest BCUT2D eigenvalue weighted by Gasteiger charge is 2.63. The first-order chi connectivity index (χ1) is 26.8. The highest BCUT2D eigenvalue weighted by molar-refractivity contribution is 7.91. The average molecular weight is 822 g/mol. The largest absolute Gasteiger partial charge is 0.494 e. The number of allylic oxidation sites excluding steroid dienone is 1. The van der Waals surface area contributed by atoms with E-state index < -0.39 is 86.4 Å². The number of nitrogens with zero attached hydrogens (tertiary/aromatic N) is 2. The molecule has 4 aliphatic rings. The number of hydrogen-bond donors (Lipinski definition) is 3. The lowest BCUT2D eigenvalue weighted by Crippen LogP contribution is -2.59. The molecule has 0 spiro atoms. The summed E-state index contributed by atoms with van der Waals surface area (Å²) < 4.78 is 84.1. The molecule has 1 aromatic heterocycles. The van der Waals surface area contributed by atoms with Gasteiger partial charge in [-0.05, 0) is 101 Å². The maximum atomic E-state index is 14.7. The summed E-state index contributed by atoms with van der Waals surface area (Å²) in [6.45, 7) is 7.95. The number of rotatable bonds is 9. The van der Waals surface area contributed by atoms with E-state index in [-0.39, 0.29) is 31.2 Å². The number of benzene rings is 1. The minimum atomic E-state index is -4.85. The van der Waals surface area contributed by atoms with Crippen LogP contribution in [-0.4, -0.2) is 96.0 Å². The third kappa shape index (κ3) is 9.10. The third-order valence-corrected chi connectivity index (χ3v) is 13.7. The number of amides is 4. The van der Waals surface area contributed by atoms with Crippen molar-refractivity contribution >= 4 is 44.6 Å². The van der Waals surface area contributed by atoms with Gasteiger partial charge in [0.2, 0.25) is 27.7 Å². The van der Waals surface area contributed by atoms with E-state index in [1.54, 1.807) is 31.2 Å². The van der Waals surface area contributed by atoms with Crippen LogP contribution in [0.2, 0.25) is 0 Å². The maximum Gasteiger partial charge on any atom is 0.425 e. The number of pyridine rings is 1. The molecule has 312 valence electrons. The molecule has 4 amide bonds. The fraction of sp³-hybridized carbons (Fsp3) is 0.615. The lowest BCUT2D eigenvalue weighted by Gasteiger charge is -2.33. The van der Waals surface area contributed by atoms with Gasteiger partial charge in [0, 0.05) is 23.9 Å². The molecule has 2 aromatic rings. The Morgan fingerprint density at radius 1 is 1.14 bits per heavy atom. The Morgan fingerprint density at radius 2 is 1.88 bits per heavy atom. The van der Waals surface area contributed by atoms with Crippen LogP contribution in [-0.2, 0) is 29.1 Å². The number of alkyl carbamates (subject to hydrolysis) is 1. The molecule has 1 saturated heterocycles. The minimum absolute atomic E-state index is 0.0282. The number of halogens is 3. The fourth-order valence-electron chi connectivity index (χ4n) is 7.62. The smallest absolute Gasteiger partial charge is 0.425 e. The summed E-state index contributed by atoms with van der Waals surface area (Å²) in [5.74, 6) is -2.79. The maximum absolute atomic E-state index is 14.7. The zero-order valence-electron chi connectivity index (χ0n) is 32.6. The molecule has 0 bridgehead atoms. The number of nitrogens with one attached hydrogen (secondary N) is 3. The van der Waals surface area contributed by atoms with Gasteiger partial charge in [0.05, 0.1) is 17.9 Å². The van der Waals surface area contributed by atoms with Crippen LogP contribution < -0.4 is 24.8 Å². The number of sulfonamides is 1. The molecular weight excluding hydrogens is 772 g/mol. The van der Waals surface area contributed by atoms with Gasteiger partial charge in [0.15, 0.2) is 6.10 Å². The van der Waals surface area contributed by atoms with E-state index in [0.29, 0.717) is 56.8 Å². The van der Waals surface area contributed by atoms with E-state index in [2.05, 4.69) is 25.1 Å². The van der Waals surface area contributed by atoms with Gasteiger partial charge in [-0.3, -0.25) is 19.1 Å². The van der Waals surface area contributed by atoms with Crippen LogP contribution in [0.15, 0.2) is 42.6 Å². The summed E-state index contributed by atoms with van der Waals surface area (Å²) in [6, 6.07) is 4.38. The number of aromatic nitrogens is 1. The van der Waals surface area contributed by atoms with E-state index in [4.69, 9.17) is 9.47 Å². The van der Waals surface area contributed by atoms with Gasteiger partial charge in [-0.25, -0.2) is 18.2 Å². The summed E-state index contributed by atoms with van der Waals surface area (Å²) in [5, 5.41) is 6.53. The van der Waals surface area contributed by atoms with Crippen molar-refractivity contribution in [3.63, 3.8) is 0 Å². The number of alkyl halides is 3. The van der Waals surface area contributed by atoms with Crippen LogP contribution in [0.3, 0.4) is 0 Å². The second kappa shape index (κ2) is 16.0. The first kappa shape index (κ1) is 42.0. The van der Waals surface area contributed by atoms with E-state index in [0.717, 1.165) is 5.39 Å². The van der Waals surface area contributed by atoms with Gasteiger partial charge in [-0.1, -0.05) is 26.0 Å². The van der Waals surface area contributed by atoms with Crippen molar-refractivity contribution in [1.82, 2.24) is 25.2 Å². The molecule has 1 aromatic carbocycles. The zero-order chi connectivity index (χ0) is 41.5. The number of carbonyl (C=O) groups is 4. The first-order valence-corrected chi connectivity index (χ1v) is 20.8. The van der Waals surface area contributed by atoms with Gasteiger partial charge < -0.3 is 29.7 Å². The van der Waals surface area contributed by atoms with Gasteiger partial charge in [0.25, 0.3) is 5.91 Å². The monoisotopic (exact) mass is 821 g/mol. The first-order valence-electron chi connectivity index (χ1n) is 19.3. The third-order valence-electron chi connectivity index (χ3n) is 11.6. The van der Waals surface area contributed by atoms with Crippen molar-refractivity contribution in [2.45, 2.75) is 120 Å². The van der Waals surface area contributed by atoms with Gasteiger partial charge in [-0.2, -0.15) is 13.2 Å². The van der Waals surface area contributed by atoms with Crippen LogP contribution >= 0.6 is 0 Å². The molecule has 3 N–H and O–H groups in total. The van der Waals surface area contributed by atoms with Crippen LogP contribution in [0.5, 0.6) is 11.6 Å². The summed E-state index contributed by atoms with van der Waals surface area (Å²) in [7, 11) is -4.07. The number of carbonyl (C=O) groups excluding carboxylic acids is 4. The van der Waals surface area contributed by atoms with E-state index in [1.807, 2.05) is 26.0 Å². The van der Waals surface area contributed by atoms with Crippen molar-refractivity contribution in [1.29, 1.82) is 0 Å². The molecule has 0 unspecified atom stereocenters. The molecule has 3 heterocycles. The fourth-order valence-corrected chi connectivity index (χ4v) is 8.93. The number of fused-ring (bicyclic) bond motifs is 3. The summed E-state index contributed by atoms with van der Waals surface area (Å²) in [6.07, 6.45) is -2.12. The molecule has 0 radical (unpaired) electrons. The van der Waals surface area contributed by atoms with E-state index in [9.17, 15) is 40.8 Å². The summed E-state index contributed by atoms with van der Waals surface area (Å²) >= 11 is 0. The molecule has 2 aliphatic carbocycles. The predicted molar refractivity (Wildman–Crippen MR) is 201 cm³/mol. The van der Waals surface area contributed by atoms with Crippen LogP contribution in [0.1, 0.15) is 79.6 Å². The number of ether oxygens (including phenoxy) is 3. The Bertz CT molecular complexity index is 2030. The van der Waals surface area contributed by atoms with Gasteiger partial charge >= 0.3 is 12.3 Å². The Labute approximate surface area is 329 Å². The molecule has 2 saturated carbocycles. The van der Waals surface area contributed by atoms with E-state index >= 15 is 0 Å². The molecule has 3 fully saturated rings. The van der Waals surface area contributed by atoms with Crippen molar-refractivity contribution in [2.24, 2.45) is 17.8 Å². The highest BCUT2D eigenvalue weighted by atomic mass is 32.2. The number of hydrogen-bond acceptors (Lipinski definition) is 10. The summed E-state index contributed by atoms with van der Waals surface area (Å²) in [5.41, 5.74) is -1.64. The molecule has 6 rings (SSSR count). The average Bonchev–Trinajstić information content (AvgIpc) is 4.01. The van der Waals surface area contributed by atoms with Crippen molar-refractivity contribution < 1.29 is 55.0 Å². The quantitative estimate of drug-likeness (QED) is 0.294. The Kier molecular flexibility index (Phi) is 11.8. The topological polar surface area (TPSA) is 182 Å². The normalized spacial score (nSPS) is 30.0. The van der Waals surface area contributed by atoms with Crippen molar-refractivity contribution in [3.8, 4) is 11.6 Å². The minimum Gasteiger partial charge on any atom is -0.494 e. The standard InChI is InChI=1S/C39H50F3N5O9S/c1-6-54-27-11-12-29-25(18-27)13-16-43-33(29)56-28-19-30-32(48)45-38(35(50)46-57(52,53)37(5)14-15-37)20-26(38)10-8-7-9-22(2)17-23(3)31(34(49)47(30)21-28)44-36(51)55-24(4)39(40,41)42/h8,10-13,16,18,22-24,26,28,30-31H,6-7,9,14-15,17,19-21H2,1-5H3,(H,44,51)(H,45,48)(H,46,50)/b10-8-/t22-,23-,24-,26-,28-,30+,31+,38-/m1/s1. The molecule has 14 nitrogen and oxygen atoms in total. The Morgan fingerprint density at radius 3 is 2.56 bits per heavy atom. The predicted octanol–water partition coefficient (Wildman–Crippen LogP) is 4.91. The second-order valence-corrected chi connectivity index (χ2v) is 18.3. The summed E-state index contributed by atoms with van der Waals surface area (Å²) in [4.78, 5) is 61.5. The van der Waals surface area contributed by atoms with Crippen molar-refractivity contribution in [2.75, 3.05) is 13.2 Å². The van der Waals surface area contributed by atoms with Gasteiger partial charge in [-0.15, -0.1) is 0 Å². The van der Waals surface area contributed by atoms with Gasteiger partial charge in [0.1, 0.15) is 29.5 Å². The molecular formula is C39H50F3N5O9S. The second-order valence-electron chi connectivity index (χ2n) is 16.1. The SMILES string of the molecule is CCOc1ccc2c(O[C@@H]3C[C@H]4C(=O)N[C@]5(C(=O)NS(=O)(=O)C6(C)CC6)C[C@H]5/C=C\CC[C@@H](C)C[C@@H](C)[C@H](NC(=O)O[C@H](C)C(F)(F)F)C(=O)N4C3)nccc2c1. The van der Waals surface area contributed by atoms with Crippen molar-refractivity contribution in [3.05, 3.63) is 42.6 Å². The highest BCUT2D eigenvalue weighted by Crippen LogP contribution is 2.47. The lowest BCUT2D eigenvalue weighted by atomic mass is 9.88. The van der Waals surface area contributed by atoms with Crippen LogP contribution in [0.4, 0.5) is 18.0 Å². The zero-order valence-corrected chi connectivity index (χ0v) is 33.4. The van der Waals surface area contributed by atoms with Crippen LogP contribution in [0.25, 0.3) is 10.8 Å². The van der Waals surface area contributed by atoms with E-state index in [1.165, 1.54) is 18.0 Å². The van der Waals surface area contributed by atoms with Crippen LogP contribution in [0, 0.1) is 17.8 Å².